The topological polar surface area (TPSA) is 71.5 Å². The minimum absolute atomic E-state index is 0.0516. The number of halogens is 2. The van der Waals surface area contributed by atoms with E-state index in [9.17, 15) is 18.4 Å². The second-order valence-corrected chi connectivity index (χ2v) is 9.94. The van der Waals surface area contributed by atoms with Gasteiger partial charge in [0.2, 0.25) is 5.91 Å². The fourth-order valence-electron chi connectivity index (χ4n) is 4.53. The minimum Gasteiger partial charge on any atom is -0.486 e. The molecule has 4 aromatic rings. The van der Waals surface area contributed by atoms with Crippen molar-refractivity contribution in [3.8, 4) is 5.75 Å². The van der Waals surface area contributed by atoms with Crippen molar-refractivity contribution in [1.29, 1.82) is 0 Å². The van der Waals surface area contributed by atoms with Crippen LogP contribution < -0.4 is 10.1 Å². The Hall–Kier alpha value is -4.11. The molecule has 0 spiro atoms. The number of nitrogens with zero attached hydrogens (tertiary/aromatic N) is 2. The van der Waals surface area contributed by atoms with E-state index in [1.807, 2.05) is 18.2 Å². The van der Waals surface area contributed by atoms with Crippen LogP contribution >= 0.6 is 11.3 Å². The van der Waals surface area contributed by atoms with Gasteiger partial charge >= 0.3 is 0 Å². The summed E-state index contributed by atoms with van der Waals surface area (Å²) in [5, 5.41) is 5.08. The molecule has 6 nitrogen and oxygen atoms in total. The second-order valence-electron chi connectivity index (χ2n) is 9.00. The quantitative estimate of drug-likeness (QED) is 0.344. The molecule has 9 heteroatoms. The highest BCUT2D eigenvalue weighted by molar-refractivity contribution is 7.09. The third-order valence-electron chi connectivity index (χ3n) is 6.45. The van der Waals surface area contributed by atoms with E-state index in [1.54, 1.807) is 34.5 Å². The monoisotopic (exact) mass is 533 g/mol. The number of ether oxygens (including phenoxy) is 1. The molecule has 0 saturated heterocycles. The predicted octanol–water partition coefficient (Wildman–Crippen LogP) is 5.42. The van der Waals surface area contributed by atoms with Crippen LogP contribution in [0.5, 0.6) is 5.75 Å². The van der Waals surface area contributed by atoms with Gasteiger partial charge in [-0.3, -0.25) is 9.59 Å². The molecule has 1 atom stereocenters. The SMILES string of the molecule is CC(=O)N1CCc2ccc(OCc3nc(C(=O)NCc4ccc(F)cc4)cs3)cc2[C@@H]1c1ccc(F)cc1. The van der Waals surface area contributed by atoms with Gasteiger partial charge in [-0.2, -0.15) is 0 Å². The third kappa shape index (κ3) is 5.73. The zero-order valence-electron chi connectivity index (χ0n) is 20.6. The average Bonchev–Trinajstić information content (AvgIpc) is 3.40. The molecule has 1 aromatic heterocycles. The zero-order valence-corrected chi connectivity index (χ0v) is 21.4. The van der Waals surface area contributed by atoms with Crippen LogP contribution in [0.25, 0.3) is 0 Å². The Morgan fingerprint density at radius 1 is 1.05 bits per heavy atom. The minimum atomic E-state index is -0.336. The van der Waals surface area contributed by atoms with Crippen LogP contribution in [0.4, 0.5) is 8.78 Å². The number of thiazole rings is 1. The Morgan fingerprint density at radius 2 is 1.76 bits per heavy atom. The van der Waals surface area contributed by atoms with Gasteiger partial charge in [0.25, 0.3) is 5.91 Å². The molecule has 0 fully saturated rings. The summed E-state index contributed by atoms with van der Waals surface area (Å²) in [5.74, 6) is -0.423. The van der Waals surface area contributed by atoms with E-state index < -0.39 is 0 Å². The maximum Gasteiger partial charge on any atom is 0.271 e. The summed E-state index contributed by atoms with van der Waals surface area (Å²) in [4.78, 5) is 31.1. The number of nitrogens with one attached hydrogen (secondary N) is 1. The van der Waals surface area contributed by atoms with Gasteiger partial charge < -0.3 is 15.0 Å². The first-order chi connectivity index (χ1) is 18.4. The maximum atomic E-state index is 13.6. The normalized spacial score (nSPS) is 14.6. The lowest BCUT2D eigenvalue weighted by atomic mass is 9.88. The number of rotatable bonds is 7. The molecular weight excluding hydrogens is 508 g/mol. The fourth-order valence-corrected chi connectivity index (χ4v) is 5.21. The number of hydrogen-bond acceptors (Lipinski definition) is 5. The fraction of sp³-hybridized carbons (Fsp3) is 0.207. The van der Waals surface area contributed by atoms with Gasteiger partial charge in [-0.05, 0) is 65.1 Å². The van der Waals surface area contributed by atoms with Crippen molar-refractivity contribution in [1.82, 2.24) is 15.2 Å². The number of benzene rings is 3. The van der Waals surface area contributed by atoms with Crippen molar-refractivity contribution < 1.29 is 23.1 Å². The first kappa shape index (κ1) is 25.5. The van der Waals surface area contributed by atoms with Crippen LogP contribution in [0, 0.1) is 11.6 Å². The zero-order chi connectivity index (χ0) is 26.6. The summed E-state index contributed by atoms with van der Waals surface area (Å²) in [7, 11) is 0. The van der Waals surface area contributed by atoms with Crippen LogP contribution in [-0.2, 0) is 24.4 Å². The van der Waals surface area contributed by atoms with E-state index >= 15 is 0 Å². The van der Waals surface area contributed by atoms with Gasteiger partial charge in [0.05, 0.1) is 6.04 Å². The smallest absolute Gasteiger partial charge is 0.271 e. The Labute approximate surface area is 222 Å². The van der Waals surface area contributed by atoms with E-state index in [0.29, 0.717) is 17.3 Å². The second kappa shape index (κ2) is 11.1. The molecule has 38 heavy (non-hydrogen) atoms. The van der Waals surface area contributed by atoms with Crippen LogP contribution in [0.3, 0.4) is 0 Å². The van der Waals surface area contributed by atoms with Crippen molar-refractivity contribution in [2.24, 2.45) is 0 Å². The van der Waals surface area contributed by atoms with Crippen LogP contribution in [0.2, 0.25) is 0 Å². The average molecular weight is 534 g/mol. The Morgan fingerprint density at radius 3 is 2.47 bits per heavy atom. The van der Waals surface area contributed by atoms with Crippen molar-refractivity contribution in [3.63, 3.8) is 0 Å². The van der Waals surface area contributed by atoms with Crippen molar-refractivity contribution in [2.75, 3.05) is 6.54 Å². The van der Waals surface area contributed by atoms with Gasteiger partial charge in [-0.1, -0.05) is 30.3 Å². The molecule has 0 bridgehead atoms. The van der Waals surface area contributed by atoms with E-state index in [4.69, 9.17) is 4.74 Å². The standard InChI is InChI=1S/C29H25F2N3O3S/c1-18(35)34-13-12-20-6-11-24(14-25(20)28(34)21-4-9-23(31)10-5-21)37-16-27-33-26(17-38-27)29(36)32-15-19-2-7-22(30)8-3-19/h2-11,14,17,28H,12-13,15-16H2,1H3,(H,32,36)/t28-/m0/s1. The predicted molar refractivity (Wildman–Crippen MR) is 140 cm³/mol. The largest absolute Gasteiger partial charge is 0.486 e. The summed E-state index contributed by atoms with van der Waals surface area (Å²) in [6.45, 7) is 2.56. The first-order valence-electron chi connectivity index (χ1n) is 12.1. The molecule has 3 aromatic carbocycles. The molecule has 0 unspecified atom stereocenters. The van der Waals surface area contributed by atoms with Crippen LogP contribution in [0.15, 0.2) is 72.1 Å². The van der Waals surface area contributed by atoms with Gasteiger partial charge in [0.15, 0.2) is 0 Å². The van der Waals surface area contributed by atoms with Gasteiger partial charge in [-0.25, -0.2) is 13.8 Å². The lowest BCUT2D eigenvalue weighted by Crippen LogP contribution is -2.39. The maximum absolute atomic E-state index is 13.6. The first-order valence-corrected chi connectivity index (χ1v) is 13.0. The summed E-state index contributed by atoms with van der Waals surface area (Å²) < 4.78 is 32.6. The molecule has 0 saturated carbocycles. The Kier molecular flexibility index (Phi) is 7.46. The van der Waals surface area contributed by atoms with E-state index in [2.05, 4.69) is 10.3 Å². The Balaban J connectivity index is 1.27. The number of amides is 2. The number of carbonyl (C=O) groups excluding carboxylic acids is 2. The molecule has 1 aliphatic rings. The van der Waals surface area contributed by atoms with E-state index in [1.165, 1.54) is 42.5 Å². The molecule has 1 N–H and O–H groups in total. The Bertz CT molecular complexity index is 1450. The summed E-state index contributed by atoms with van der Waals surface area (Å²) in [6.07, 6.45) is 0.718. The molecule has 0 aliphatic carbocycles. The number of fused-ring (bicyclic) bond motifs is 1. The highest BCUT2D eigenvalue weighted by Crippen LogP contribution is 2.37. The number of aromatic nitrogens is 1. The van der Waals surface area contributed by atoms with Gasteiger partial charge in [0, 0.05) is 25.4 Å². The number of carbonyl (C=O) groups is 2. The van der Waals surface area contributed by atoms with Crippen LogP contribution in [0.1, 0.15) is 50.7 Å². The van der Waals surface area contributed by atoms with E-state index in [0.717, 1.165) is 28.7 Å². The third-order valence-corrected chi connectivity index (χ3v) is 7.27. The molecule has 194 valence electrons. The molecular formula is C29H25F2N3O3S. The summed E-state index contributed by atoms with van der Waals surface area (Å²) in [6, 6.07) is 17.6. The molecule has 1 aliphatic heterocycles. The molecule has 0 radical (unpaired) electrons. The van der Waals surface area contributed by atoms with Crippen molar-refractivity contribution >= 4 is 23.2 Å². The van der Waals surface area contributed by atoms with Gasteiger partial charge in [-0.15, -0.1) is 11.3 Å². The highest BCUT2D eigenvalue weighted by Gasteiger charge is 2.31. The molecule has 2 heterocycles. The lowest BCUT2D eigenvalue weighted by molar-refractivity contribution is -0.130. The van der Waals surface area contributed by atoms with Crippen molar-refractivity contribution in [2.45, 2.75) is 32.5 Å². The molecule has 5 rings (SSSR count). The lowest BCUT2D eigenvalue weighted by Gasteiger charge is -2.37. The highest BCUT2D eigenvalue weighted by atomic mass is 32.1. The molecule has 2 amide bonds. The number of hydrogen-bond donors (Lipinski definition) is 1. The summed E-state index contributed by atoms with van der Waals surface area (Å²) in [5.41, 5.74) is 3.95. The van der Waals surface area contributed by atoms with Crippen molar-refractivity contribution in [3.05, 3.63) is 117 Å². The summed E-state index contributed by atoms with van der Waals surface area (Å²) >= 11 is 1.32. The van der Waals surface area contributed by atoms with E-state index in [-0.39, 0.29) is 48.3 Å². The van der Waals surface area contributed by atoms with Crippen LogP contribution in [-0.4, -0.2) is 28.2 Å². The van der Waals surface area contributed by atoms with Gasteiger partial charge in [0.1, 0.15) is 34.7 Å².